The van der Waals surface area contributed by atoms with Gasteiger partial charge in [-0.25, -0.2) is 4.79 Å². The number of ether oxygens (including phenoxy) is 2. The molecule has 30 heavy (non-hydrogen) atoms. The highest BCUT2D eigenvalue weighted by molar-refractivity contribution is 6.19. The van der Waals surface area contributed by atoms with Crippen molar-refractivity contribution in [3.05, 3.63) is 86.7 Å². The zero-order valence-electron chi connectivity index (χ0n) is 16.4. The SMILES string of the molecule is CCOC(=O)C1=C(N)Oc2oc(C)cc(=O)c2C12C(=O)C1=CC=CC3C=CC=C2C13. The molecule has 1 saturated carbocycles. The number of ketones is 1. The first-order valence-corrected chi connectivity index (χ1v) is 9.73. The first kappa shape index (κ1) is 18.4. The van der Waals surface area contributed by atoms with Crippen LogP contribution >= 0.6 is 0 Å². The molecule has 5 rings (SSSR count). The van der Waals surface area contributed by atoms with Gasteiger partial charge in [-0.05, 0) is 19.4 Å². The summed E-state index contributed by atoms with van der Waals surface area (Å²) < 4.78 is 16.4. The lowest BCUT2D eigenvalue weighted by Gasteiger charge is -2.36. The Hall–Kier alpha value is -3.61. The molecule has 2 heterocycles. The predicted molar refractivity (Wildman–Crippen MR) is 106 cm³/mol. The lowest BCUT2D eigenvalue weighted by atomic mass is 9.65. The van der Waals surface area contributed by atoms with Crippen molar-refractivity contribution in [2.24, 2.45) is 17.6 Å². The number of fused-ring (bicyclic) bond motifs is 3. The summed E-state index contributed by atoms with van der Waals surface area (Å²) in [4.78, 5) is 40.3. The number of allylic oxidation sites excluding steroid dienone is 8. The Morgan fingerprint density at radius 2 is 1.97 bits per heavy atom. The van der Waals surface area contributed by atoms with Gasteiger partial charge in [0.1, 0.15) is 22.3 Å². The molecular formula is C23H19NO6. The van der Waals surface area contributed by atoms with Crippen LogP contribution in [-0.4, -0.2) is 18.4 Å². The molecule has 3 atom stereocenters. The number of carbonyl (C=O) groups excluding carboxylic acids is 2. The fraction of sp³-hybridized carbons (Fsp3) is 0.261. The Balaban J connectivity index is 1.92. The third-order valence-electron chi connectivity index (χ3n) is 6.03. The van der Waals surface area contributed by atoms with Gasteiger partial charge >= 0.3 is 5.97 Å². The van der Waals surface area contributed by atoms with Gasteiger partial charge in [0.2, 0.25) is 5.88 Å². The van der Waals surface area contributed by atoms with E-state index in [1.54, 1.807) is 26.0 Å². The minimum absolute atomic E-state index is 0.0362. The van der Waals surface area contributed by atoms with Crippen molar-refractivity contribution in [1.29, 1.82) is 0 Å². The zero-order chi connectivity index (χ0) is 21.2. The summed E-state index contributed by atoms with van der Waals surface area (Å²) >= 11 is 0. The fourth-order valence-electron chi connectivity index (χ4n) is 5.00. The highest BCUT2D eigenvalue weighted by atomic mass is 16.6. The Kier molecular flexibility index (Phi) is 3.80. The van der Waals surface area contributed by atoms with Crippen molar-refractivity contribution < 1.29 is 23.5 Å². The van der Waals surface area contributed by atoms with Gasteiger partial charge in [-0.1, -0.05) is 36.5 Å². The van der Waals surface area contributed by atoms with Gasteiger partial charge in [-0.15, -0.1) is 0 Å². The summed E-state index contributed by atoms with van der Waals surface area (Å²) in [5, 5.41) is 0. The van der Waals surface area contributed by atoms with Gasteiger partial charge in [0.25, 0.3) is 5.95 Å². The van der Waals surface area contributed by atoms with E-state index in [4.69, 9.17) is 19.6 Å². The van der Waals surface area contributed by atoms with Crippen LogP contribution in [0.1, 0.15) is 18.2 Å². The minimum atomic E-state index is -1.75. The van der Waals surface area contributed by atoms with Crippen LogP contribution in [0.5, 0.6) is 5.95 Å². The maximum absolute atomic E-state index is 14.0. The van der Waals surface area contributed by atoms with E-state index in [2.05, 4.69) is 0 Å². The summed E-state index contributed by atoms with van der Waals surface area (Å²) in [6, 6.07) is 1.28. The number of esters is 1. The first-order valence-electron chi connectivity index (χ1n) is 9.73. The fourth-order valence-corrected chi connectivity index (χ4v) is 5.00. The summed E-state index contributed by atoms with van der Waals surface area (Å²) in [6.07, 6.45) is 11.1. The van der Waals surface area contributed by atoms with Gasteiger partial charge in [0.05, 0.1) is 6.61 Å². The molecule has 0 saturated heterocycles. The van der Waals surface area contributed by atoms with Crippen molar-refractivity contribution >= 4 is 11.8 Å². The Morgan fingerprint density at radius 3 is 2.70 bits per heavy atom. The third kappa shape index (κ3) is 2.12. The Labute approximate surface area is 171 Å². The van der Waals surface area contributed by atoms with Crippen LogP contribution in [-0.2, 0) is 19.7 Å². The van der Waals surface area contributed by atoms with E-state index in [0.29, 0.717) is 16.9 Å². The monoisotopic (exact) mass is 405 g/mol. The third-order valence-corrected chi connectivity index (χ3v) is 6.03. The quantitative estimate of drug-likeness (QED) is 0.751. The van der Waals surface area contributed by atoms with Crippen molar-refractivity contribution in [2.45, 2.75) is 19.3 Å². The Bertz CT molecular complexity index is 1220. The summed E-state index contributed by atoms with van der Waals surface area (Å²) in [5.41, 5.74) is 4.86. The second kappa shape index (κ2) is 6.19. The van der Waals surface area contributed by atoms with Crippen molar-refractivity contribution in [1.82, 2.24) is 0 Å². The van der Waals surface area contributed by atoms with Crippen LogP contribution in [0.25, 0.3) is 0 Å². The average Bonchev–Trinajstić information content (AvgIpc) is 2.93. The molecule has 4 aliphatic rings. The molecule has 1 spiro atoms. The van der Waals surface area contributed by atoms with Gasteiger partial charge in [-0.2, -0.15) is 0 Å². The van der Waals surface area contributed by atoms with E-state index in [0.717, 1.165) is 0 Å². The summed E-state index contributed by atoms with van der Waals surface area (Å²) in [6.45, 7) is 3.32. The van der Waals surface area contributed by atoms with Crippen molar-refractivity contribution in [3.63, 3.8) is 0 Å². The highest BCUT2D eigenvalue weighted by Gasteiger charge is 2.65. The molecule has 0 amide bonds. The molecule has 1 aromatic rings. The summed E-state index contributed by atoms with van der Waals surface area (Å²) in [5.74, 6) is -1.73. The molecular weight excluding hydrogens is 386 g/mol. The Morgan fingerprint density at radius 1 is 1.23 bits per heavy atom. The van der Waals surface area contributed by atoms with Crippen LogP contribution < -0.4 is 15.9 Å². The van der Waals surface area contributed by atoms with E-state index in [-0.39, 0.29) is 47.2 Å². The number of hydrogen-bond donors (Lipinski definition) is 1. The van der Waals surface area contributed by atoms with Gasteiger partial charge in [-0.3, -0.25) is 9.59 Å². The van der Waals surface area contributed by atoms with E-state index in [1.165, 1.54) is 6.07 Å². The number of hydrogen-bond acceptors (Lipinski definition) is 7. The number of carbonyl (C=O) groups is 2. The smallest absolute Gasteiger partial charge is 0.341 e. The molecule has 2 N–H and O–H groups in total. The maximum Gasteiger partial charge on any atom is 0.341 e. The first-order chi connectivity index (χ1) is 14.4. The number of nitrogens with two attached hydrogens (primary N) is 1. The molecule has 152 valence electrons. The normalized spacial score (nSPS) is 28.0. The van der Waals surface area contributed by atoms with E-state index >= 15 is 0 Å². The molecule has 0 radical (unpaired) electrons. The van der Waals surface area contributed by atoms with E-state index in [1.807, 2.05) is 24.3 Å². The zero-order valence-corrected chi connectivity index (χ0v) is 16.4. The van der Waals surface area contributed by atoms with Crippen LogP contribution in [0.3, 0.4) is 0 Å². The standard InChI is InChI=1S/C23H19NO6/c1-3-28-21(27)18-20(24)30-22-17(15(25)10-11(2)29-22)23(18)14-9-5-7-12-6-4-8-13(16(12)14)19(23)26/h4-10,12,16H,3,24H2,1-2H3. The van der Waals surface area contributed by atoms with E-state index < -0.39 is 16.8 Å². The molecule has 1 fully saturated rings. The van der Waals surface area contributed by atoms with E-state index in [9.17, 15) is 14.4 Å². The van der Waals surface area contributed by atoms with Gasteiger partial charge < -0.3 is 19.6 Å². The second-order valence-electron chi connectivity index (χ2n) is 7.59. The van der Waals surface area contributed by atoms with Crippen LogP contribution in [0, 0.1) is 18.8 Å². The predicted octanol–water partition coefficient (Wildman–Crippen LogP) is 2.12. The molecule has 1 aromatic heterocycles. The van der Waals surface area contributed by atoms with Crippen LogP contribution in [0.4, 0.5) is 0 Å². The van der Waals surface area contributed by atoms with Crippen molar-refractivity contribution in [3.8, 4) is 5.95 Å². The van der Waals surface area contributed by atoms with Crippen LogP contribution in [0.15, 0.2) is 74.3 Å². The van der Waals surface area contributed by atoms with Crippen molar-refractivity contribution in [2.75, 3.05) is 6.61 Å². The average molecular weight is 405 g/mol. The molecule has 3 unspecified atom stereocenters. The topological polar surface area (TPSA) is 109 Å². The molecule has 3 aliphatic carbocycles. The lowest BCUT2D eigenvalue weighted by Crippen LogP contribution is -2.47. The molecule has 0 bridgehead atoms. The summed E-state index contributed by atoms with van der Waals surface area (Å²) in [7, 11) is 0. The molecule has 7 nitrogen and oxygen atoms in total. The molecule has 7 heteroatoms. The maximum atomic E-state index is 14.0. The minimum Gasteiger partial charge on any atom is -0.462 e. The van der Waals surface area contributed by atoms with Crippen LogP contribution in [0.2, 0.25) is 0 Å². The largest absolute Gasteiger partial charge is 0.462 e. The number of rotatable bonds is 2. The number of aryl methyl sites for hydroxylation is 1. The molecule has 0 aromatic carbocycles. The second-order valence-corrected chi connectivity index (χ2v) is 7.59. The van der Waals surface area contributed by atoms with Gasteiger partial charge in [0, 0.05) is 23.5 Å². The van der Waals surface area contributed by atoms with Gasteiger partial charge in [0.15, 0.2) is 11.2 Å². The molecule has 1 aliphatic heterocycles. The lowest BCUT2D eigenvalue weighted by molar-refractivity contribution is -0.140. The number of Topliss-reactive ketones (excluding diaryl/α,β-unsaturated/α-hetero) is 1. The highest BCUT2D eigenvalue weighted by Crippen LogP contribution is 2.60.